The second-order valence-corrected chi connectivity index (χ2v) is 6.00. The summed E-state index contributed by atoms with van der Waals surface area (Å²) in [4.78, 5) is 23.8. The van der Waals surface area contributed by atoms with Crippen molar-refractivity contribution in [1.82, 2.24) is 5.32 Å². The zero-order chi connectivity index (χ0) is 17.0. The fourth-order valence-corrected chi connectivity index (χ4v) is 2.39. The van der Waals surface area contributed by atoms with Crippen molar-refractivity contribution in [3.63, 3.8) is 0 Å². The van der Waals surface area contributed by atoms with Gasteiger partial charge < -0.3 is 14.8 Å². The summed E-state index contributed by atoms with van der Waals surface area (Å²) in [7, 11) is 0. The van der Waals surface area contributed by atoms with Crippen molar-refractivity contribution in [3.8, 4) is 0 Å². The molecule has 1 unspecified atom stereocenters. The van der Waals surface area contributed by atoms with Crippen LogP contribution in [0.2, 0.25) is 10.0 Å². The SMILES string of the molecule is CC(NC(=O)CCc1ccco1)(C(=O)O)c1ccc(Cl)c(Cl)c1. The molecule has 2 N–H and O–H groups in total. The molecular weight excluding hydrogens is 341 g/mol. The maximum absolute atomic E-state index is 12.1. The van der Waals surface area contributed by atoms with Gasteiger partial charge in [-0.2, -0.15) is 0 Å². The molecular formula is C16H15Cl2NO4. The molecule has 0 fully saturated rings. The van der Waals surface area contributed by atoms with Crippen LogP contribution < -0.4 is 5.32 Å². The Morgan fingerprint density at radius 1 is 1.26 bits per heavy atom. The highest BCUT2D eigenvalue weighted by Gasteiger charge is 2.37. The number of carbonyl (C=O) groups excluding carboxylic acids is 1. The standard InChI is InChI=1S/C16H15Cl2NO4/c1-16(15(21)22,10-4-6-12(17)13(18)9-10)19-14(20)7-5-11-3-2-8-23-11/h2-4,6,8-9H,5,7H2,1H3,(H,19,20)(H,21,22). The third kappa shape index (κ3) is 4.06. The lowest BCUT2D eigenvalue weighted by Crippen LogP contribution is -2.49. The number of hydrogen-bond acceptors (Lipinski definition) is 3. The molecule has 0 aliphatic carbocycles. The monoisotopic (exact) mass is 355 g/mol. The van der Waals surface area contributed by atoms with Crippen molar-refractivity contribution in [3.05, 3.63) is 58.0 Å². The Balaban J connectivity index is 2.14. The molecule has 7 heteroatoms. The van der Waals surface area contributed by atoms with E-state index in [1.54, 1.807) is 12.1 Å². The lowest BCUT2D eigenvalue weighted by atomic mass is 9.91. The number of benzene rings is 1. The van der Waals surface area contributed by atoms with Crippen LogP contribution in [0.4, 0.5) is 0 Å². The van der Waals surface area contributed by atoms with Crippen molar-refractivity contribution in [2.45, 2.75) is 25.3 Å². The molecule has 2 aromatic rings. The van der Waals surface area contributed by atoms with Crippen LogP contribution in [0.3, 0.4) is 0 Å². The quantitative estimate of drug-likeness (QED) is 0.828. The van der Waals surface area contributed by atoms with Crippen LogP contribution in [-0.2, 0) is 21.5 Å². The minimum Gasteiger partial charge on any atom is -0.479 e. The number of carbonyl (C=O) groups is 2. The molecule has 1 amide bonds. The summed E-state index contributed by atoms with van der Waals surface area (Å²) in [6, 6.07) is 7.93. The van der Waals surface area contributed by atoms with E-state index in [0.717, 1.165) is 0 Å². The molecule has 0 saturated heterocycles. The van der Waals surface area contributed by atoms with E-state index in [0.29, 0.717) is 22.8 Å². The first-order chi connectivity index (χ1) is 10.8. The largest absolute Gasteiger partial charge is 0.479 e. The van der Waals surface area contributed by atoms with Crippen LogP contribution in [0.1, 0.15) is 24.7 Å². The lowest BCUT2D eigenvalue weighted by molar-refractivity contribution is -0.147. The van der Waals surface area contributed by atoms with Crippen molar-refractivity contribution in [2.75, 3.05) is 0 Å². The third-order valence-electron chi connectivity index (χ3n) is 3.49. The van der Waals surface area contributed by atoms with E-state index in [-0.39, 0.29) is 11.4 Å². The van der Waals surface area contributed by atoms with E-state index in [1.807, 2.05) is 0 Å². The minimum atomic E-state index is -1.60. The zero-order valence-electron chi connectivity index (χ0n) is 12.3. The Bertz CT molecular complexity index is 715. The average Bonchev–Trinajstić information content (AvgIpc) is 3.01. The molecule has 2 rings (SSSR count). The minimum absolute atomic E-state index is 0.109. The molecule has 1 aromatic heterocycles. The van der Waals surface area contributed by atoms with Crippen LogP contribution in [0, 0.1) is 0 Å². The number of aryl methyl sites for hydroxylation is 1. The molecule has 0 radical (unpaired) electrons. The Morgan fingerprint density at radius 3 is 2.57 bits per heavy atom. The number of carboxylic acid groups (broad SMARTS) is 1. The number of rotatable bonds is 6. The van der Waals surface area contributed by atoms with E-state index in [9.17, 15) is 14.7 Å². The molecule has 23 heavy (non-hydrogen) atoms. The maximum atomic E-state index is 12.1. The van der Waals surface area contributed by atoms with Gasteiger partial charge in [0.05, 0.1) is 16.3 Å². The molecule has 0 aliphatic heterocycles. The normalized spacial score (nSPS) is 13.3. The van der Waals surface area contributed by atoms with E-state index < -0.39 is 17.4 Å². The molecule has 0 saturated carbocycles. The topological polar surface area (TPSA) is 79.5 Å². The van der Waals surface area contributed by atoms with Gasteiger partial charge in [0, 0.05) is 12.8 Å². The summed E-state index contributed by atoms with van der Waals surface area (Å²) in [5, 5.41) is 12.6. The first-order valence-electron chi connectivity index (χ1n) is 6.85. The number of nitrogens with one attached hydrogen (secondary N) is 1. The van der Waals surface area contributed by atoms with E-state index in [4.69, 9.17) is 27.6 Å². The molecule has 122 valence electrons. The third-order valence-corrected chi connectivity index (χ3v) is 4.23. The predicted molar refractivity (Wildman–Crippen MR) is 86.6 cm³/mol. The van der Waals surface area contributed by atoms with Crippen LogP contribution in [0.15, 0.2) is 41.0 Å². The summed E-state index contributed by atoms with van der Waals surface area (Å²) in [5.74, 6) is -0.939. The summed E-state index contributed by atoms with van der Waals surface area (Å²) in [6.45, 7) is 1.40. The second kappa shape index (κ2) is 7.06. The van der Waals surface area contributed by atoms with Crippen molar-refractivity contribution in [1.29, 1.82) is 0 Å². The van der Waals surface area contributed by atoms with Gasteiger partial charge in [-0.3, -0.25) is 4.79 Å². The van der Waals surface area contributed by atoms with Crippen molar-refractivity contribution in [2.24, 2.45) is 0 Å². The Kier molecular flexibility index (Phi) is 5.34. The maximum Gasteiger partial charge on any atom is 0.333 e. The Hall–Kier alpha value is -1.98. The molecule has 0 bridgehead atoms. The number of halogens is 2. The fourth-order valence-electron chi connectivity index (χ4n) is 2.09. The summed E-state index contributed by atoms with van der Waals surface area (Å²) in [5.41, 5.74) is -1.26. The number of furan rings is 1. The fraction of sp³-hybridized carbons (Fsp3) is 0.250. The van der Waals surface area contributed by atoms with Crippen LogP contribution in [-0.4, -0.2) is 17.0 Å². The van der Waals surface area contributed by atoms with Gasteiger partial charge >= 0.3 is 5.97 Å². The van der Waals surface area contributed by atoms with E-state index in [2.05, 4.69) is 5.32 Å². The van der Waals surface area contributed by atoms with E-state index >= 15 is 0 Å². The van der Waals surface area contributed by atoms with Gasteiger partial charge in [0.1, 0.15) is 5.76 Å². The Morgan fingerprint density at radius 2 is 2.00 bits per heavy atom. The highest BCUT2D eigenvalue weighted by atomic mass is 35.5. The van der Waals surface area contributed by atoms with Gasteiger partial charge in [0.25, 0.3) is 0 Å². The molecule has 1 aromatic carbocycles. The van der Waals surface area contributed by atoms with Crippen LogP contribution >= 0.6 is 23.2 Å². The lowest BCUT2D eigenvalue weighted by Gasteiger charge is -2.27. The van der Waals surface area contributed by atoms with Gasteiger partial charge in [-0.1, -0.05) is 29.3 Å². The van der Waals surface area contributed by atoms with Crippen LogP contribution in [0.5, 0.6) is 0 Å². The highest BCUT2D eigenvalue weighted by molar-refractivity contribution is 6.42. The van der Waals surface area contributed by atoms with Gasteiger partial charge in [-0.05, 0) is 36.8 Å². The smallest absolute Gasteiger partial charge is 0.333 e. The Labute approximate surface area is 143 Å². The first kappa shape index (κ1) is 17.4. The molecule has 0 spiro atoms. The van der Waals surface area contributed by atoms with Gasteiger partial charge in [0.15, 0.2) is 5.54 Å². The van der Waals surface area contributed by atoms with Gasteiger partial charge in [-0.15, -0.1) is 0 Å². The number of amides is 1. The second-order valence-electron chi connectivity index (χ2n) is 5.19. The first-order valence-corrected chi connectivity index (χ1v) is 7.61. The van der Waals surface area contributed by atoms with Gasteiger partial charge in [0.2, 0.25) is 5.91 Å². The molecule has 5 nitrogen and oxygen atoms in total. The predicted octanol–water partition coefficient (Wildman–Crippen LogP) is 3.64. The van der Waals surface area contributed by atoms with Gasteiger partial charge in [-0.25, -0.2) is 4.79 Å². The molecule has 0 aliphatic rings. The van der Waals surface area contributed by atoms with Crippen LogP contribution in [0.25, 0.3) is 0 Å². The summed E-state index contributed by atoms with van der Waals surface area (Å²) in [6.07, 6.45) is 2.01. The number of hydrogen-bond donors (Lipinski definition) is 2. The highest BCUT2D eigenvalue weighted by Crippen LogP contribution is 2.29. The number of aliphatic carboxylic acids is 1. The molecule has 1 heterocycles. The van der Waals surface area contributed by atoms with Crippen molar-refractivity contribution >= 4 is 35.1 Å². The summed E-state index contributed by atoms with van der Waals surface area (Å²) >= 11 is 11.8. The van der Waals surface area contributed by atoms with Crippen molar-refractivity contribution < 1.29 is 19.1 Å². The number of carboxylic acids is 1. The molecule has 1 atom stereocenters. The summed E-state index contributed by atoms with van der Waals surface area (Å²) < 4.78 is 5.15. The average molecular weight is 356 g/mol. The van der Waals surface area contributed by atoms with E-state index in [1.165, 1.54) is 31.4 Å². The zero-order valence-corrected chi connectivity index (χ0v) is 13.8.